The maximum atomic E-state index is 14.9. The molecule has 1 aliphatic carbocycles. The Bertz CT molecular complexity index is 1840. The molecule has 0 saturated heterocycles. The first-order chi connectivity index (χ1) is 21.7. The molecule has 7 nitrogen and oxygen atoms in total. The van der Waals surface area contributed by atoms with Gasteiger partial charge in [0.05, 0.1) is 23.7 Å². The smallest absolute Gasteiger partial charge is 0.290 e. The predicted octanol–water partition coefficient (Wildman–Crippen LogP) is 6.73. The molecule has 2 aromatic carbocycles. The number of rotatable bonds is 8. The van der Waals surface area contributed by atoms with E-state index < -0.39 is 78.2 Å². The summed E-state index contributed by atoms with van der Waals surface area (Å²) >= 11 is 0. The molecule has 4 aromatic rings. The number of nitrogens with one attached hydrogen (secondary N) is 2. The number of amides is 2. The van der Waals surface area contributed by atoms with Crippen molar-refractivity contribution in [2.24, 2.45) is 0 Å². The number of halogens is 8. The van der Waals surface area contributed by atoms with Gasteiger partial charge in [-0.3, -0.25) is 19.3 Å². The zero-order chi connectivity index (χ0) is 33.0. The summed E-state index contributed by atoms with van der Waals surface area (Å²) in [6, 6.07) is 9.76. The third-order valence-corrected chi connectivity index (χ3v) is 7.85. The van der Waals surface area contributed by atoms with E-state index in [2.05, 4.69) is 20.7 Å². The fourth-order valence-electron chi connectivity index (χ4n) is 5.93. The van der Waals surface area contributed by atoms with Crippen LogP contribution in [-0.2, 0) is 40.8 Å². The molecule has 1 unspecified atom stereocenters. The number of hydrogen-bond acceptors (Lipinski definition) is 4. The maximum absolute atomic E-state index is 14.9. The average molecular weight is 650 g/mol. The molecular weight excluding hydrogens is 626 g/mol. The highest BCUT2D eigenvalue weighted by molar-refractivity contribution is 5.99. The molecule has 46 heavy (non-hydrogen) atoms. The summed E-state index contributed by atoms with van der Waals surface area (Å²) in [6.45, 7) is -1.15. The van der Waals surface area contributed by atoms with Crippen LogP contribution in [-0.4, -0.2) is 26.6 Å². The van der Waals surface area contributed by atoms with Crippen LogP contribution in [0.2, 0.25) is 0 Å². The Kier molecular flexibility index (Phi) is 7.81. The number of carbonyl (C=O) groups excluding carboxylic acids is 2. The first kappa shape index (κ1) is 31.2. The minimum Gasteiger partial charge on any atom is -0.346 e. The molecular formula is C31H23F8N5O2. The van der Waals surface area contributed by atoms with E-state index in [4.69, 9.17) is 0 Å². The van der Waals surface area contributed by atoms with Crippen molar-refractivity contribution in [3.63, 3.8) is 0 Å². The first-order valence-corrected chi connectivity index (χ1v) is 14.0. The number of aromatic nitrogens is 3. The Balaban J connectivity index is 1.38. The number of carbonyl (C=O) groups is 2. The van der Waals surface area contributed by atoms with E-state index in [0.717, 1.165) is 12.1 Å². The van der Waals surface area contributed by atoms with E-state index in [-0.39, 0.29) is 34.7 Å². The second kappa shape index (κ2) is 11.5. The van der Waals surface area contributed by atoms with E-state index in [1.165, 1.54) is 6.20 Å². The second-order valence-corrected chi connectivity index (χ2v) is 11.1. The van der Waals surface area contributed by atoms with Gasteiger partial charge < -0.3 is 10.6 Å². The molecule has 0 saturated carbocycles. The van der Waals surface area contributed by atoms with Gasteiger partial charge in [-0.15, -0.1) is 0 Å². The SMILES string of the molecule is O=C1Cc2cc(-c3cccnc3C(Cc3cc(F)cc(F)c3)NC(=O)Cn3nc(C(F)F)c4c3C(F)(F)CCC4(F)F)ccc2N1. The maximum Gasteiger partial charge on any atom is 0.290 e. The van der Waals surface area contributed by atoms with E-state index in [9.17, 15) is 44.7 Å². The van der Waals surface area contributed by atoms with Gasteiger partial charge >= 0.3 is 0 Å². The number of benzene rings is 2. The van der Waals surface area contributed by atoms with Gasteiger partial charge in [0, 0.05) is 36.4 Å². The van der Waals surface area contributed by atoms with Crippen LogP contribution in [0.25, 0.3) is 11.1 Å². The molecule has 0 bridgehead atoms. The highest BCUT2D eigenvalue weighted by atomic mass is 19.3. The van der Waals surface area contributed by atoms with Gasteiger partial charge in [-0.1, -0.05) is 12.1 Å². The summed E-state index contributed by atoms with van der Waals surface area (Å²) in [6.07, 6.45) is -5.14. The summed E-state index contributed by atoms with van der Waals surface area (Å²) in [4.78, 5) is 29.6. The monoisotopic (exact) mass is 649 g/mol. The fourth-order valence-corrected chi connectivity index (χ4v) is 5.93. The molecule has 2 aromatic heterocycles. The van der Waals surface area contributed by atoms with Gasteiger partial charge in [-0.05, 0) is 53.4 Å². The quantitative estimate of drug-likeness (QED) is 0.207. The number of hydrogen-bond donors (Lipinski definition) is 2. The van der Waals surface area contributed by atoms with Gasteiger partial charge in [-0.25, -0.2) is 26.3 Å². The normalized spacial score (nSPS) is 16.9. The summed E-state index contributed by atoms with van der Waals surface area (Å²) in [7, 11) is 0. The molecule has 1 aliphatic heterocycles. The molecule has 1 atom stereocenters. The van der Waals surface area contributed by atoms with Crippen molar-refractivity contribution in [3.05, 3.63) is 100 Å². The van der Waals surface area contributed by atoms with Crippen molar-refractivity contribution in [1.82, 2.24) is 20.1 Å². The van der Waals surface area contributed by atoms with E-state index in [1.807, 2.05) is 0 Å². The zero-order valence-corrected chi connectivity index (χ0v) is 23.6. The Morgan fingerprint density at radius 1 is 0.978 bits per heavy atom. The van der Waals surface area contributed by atoms with Gasteiger partial charge in [0.15, 0.2) is 0 Å². The first-order valence-electron chi connectivity index (χ1n) is 14.0. The number of pyridine rings is 1. The summed E-state index contributed by atoms with van der Waals surface area (Å²) in [5, 5.41) is 8.56. The molecule has 15 heteroatoms. The van der Waals surface area contributed by atoms with Crippen LogP contribution in [0.3, 0.4) is 0 Å². The summed E-state index contributed by atoms with van der Waals surface area (Å²) in [5.41, 5.74) is -2.09. The molecule has 2 N–H and O–H groups in total. The lowest BCUT2D eigenvalue weighted by Gasteiger charge is -2.29. The minimum atomic E-state index is -4.03. The zero-order valence-electron chi connectivity index (χ0n) is 23.6. The Morgan fingerprint density at radius 3 is 2.41 bits per heavy atom. The summed E-state index contributed by atoms with van der Waals surface area (Å²) < 4.78 is 115. The largest absolute Gasteiger partial charge is 0.346 e. The second-order valence-electron chi connectivity index (χ2n) is 11.1. The van der Waals surface area contributed by atoms with Crippen molar-refractivity contribution in [2.75, 3.05) is 5.32 Å². The van der Waals surface area contributed by atoms with Crippen LogP contribution in [0.15, 0.2) is 54.7 Å². The fraction of sp³-hybridized carbons (Fsp3) is 0.290. The number of fused-ring (bicyclic) bond motifs is 2. The highest BCUT2D eigenvalue weighted by Gasteiger charge is 2.55. The van der Waals surface area contributed by atoms with Crippen LogP contribution in [0.4, 0.5) is 40.8 Å². The van der Waals surface area contributed by atoms with Gasteiger partial charge in [0.25, 0.3) is 18.3 Å². The topological polar surface area (TPSA) is 88.9 Å². The number of anilines is 1. The standard InChI is InChI=1S/C31H23F8N5O2/c32-18-8-15(9-19(33)13-18)10-22(26-20(2-1-7-40-26)16-3-4-21-17(11-16)12-23(45)41-21)42-24(46)14-44-28-25(27(43-44)29(34)35)30(36,37)5-6-31(28,38)39/h1-4,7-9,11,13,22,29H,5-6,10,12,14H2,(H,41,45)(H,42,46). The molecule has 0 fully saturated rings. The van der Waals surface area contributed by atoms with E-state index in [1.54, 1.807) is 30.3 Å². The average Bonchev–Trinajstić information content (AvgIpc) is 3.55. The molecule has 0 spiro atoms. The van der Waals surface area contributed by atoms with Crippen LogP contribution < -0.4 is 10.6 Å². The lowest BCUT2D eigenvalue weighted by Crippen LogP contribution is -2.37. The van der Waals surface area contributed by atoms with Crippen molar-refractivity contribution >= 4 is 17.5 Å². The molecule has 2 amide bonds. The van der Waals surface area contributed by atoms with Crippen molar-refractivity contribution < 1.29 is 44.7 Å². The van der Waals surface area contributed by atoms with Crippen LogP contribution in [0, 0.1) is 11.6 Å². The van der Waals surface area contributed by atoms with Gasteiger partial charge in [0.1, 0.15) is 29.6 Å². The lowest BCUT2D eigenvalue weighted by molar-refractivity contribution is -0.123. The Labute approximate surface area is 255 Å². The number of alkyl halides is 6. The van der Waals surface area contributed by atoms with Crippen molar-refractivity contribution in [2.45, 2.75) is 56.5 Å². The van der Waals surface area contributed by atoms with Gasteiger partial charge in [0.2, 0.25) is 11.8 Å². The molecule has 3 heterocycles. The van der Waals surface area contributed by atoms with Crippen LogP contribution >= 0.6 is 0 Å². The van der Waals surface area contributed by atoms with Crippen LogP contribution in [0.1, 0.15) is 59.1 Å². The van der Waals surface area contributed by atoms with E-state index >= 15 is 0 Å². The predicted molar refractivity (Wildman–Crippen MR) is 147 cm³/mol. The Hall–Kier alpha value is -4.82. The minimum absolute atomic E-state index is 0.0748. The van der Waals surface area contributed by atoms with Crippen molar-refractivity contribution in [1.29, 1.82) is 0 Å². The van der Waals surface area contributed by atoms with E-state index in [0.29, 0.717) is 28.4 Å². The summed E-state index contributed by atoms with van der Waals surface area (Å²) in [5.74, 6) is -11.1. The van der Waals surface area contributed by atoms with Gasteiger partial charge in [-0.2, -0.15) is 13.9 Å². The third kappa shape index (κ3) is 5.93. The Morgan fingerprint density at radius 2 is 1.70 bits per heavy atom. The molecule has 0 radical (unpaired) electrons. The molecule has 2 aliphatic rings. The van der Waals surface area contributed by atoms with Crippen LogP contribution in [0.5, 0.6) is 0 Å². The highest BCUT2D eigenvalue weighted by Crippen LogP contribution is 2.52. The third-order valence-electron chi connectivity index (χ3n) is 7.85. The molecule has 6 rings (SSSR count). The molecule has 240 valence electrons. The number of nitrogens with zero attached hydrogens (tertiary/aromatic N) is 3. The van der Waals surface area contributed by atoms with Crippen molar-refractivity contribution in [3.8, 4) is 11.1 Å². The lowest BCUT2D eigenvalue weighted by atomic mass is 9.89.